The number of H-pyrrole nitrogens is 1. The summed E-state index contributed by atoms with van der Waals surface area (Å²) in [6.07, 6.45) is 3.76. The van der Waals surface area contributed by atoms with Crippen LogP contribution < -0.4 is 5.32 Å². The summed E-state index contributed by atoms with van der Waals surface area (Å²) in [5.41, 5.74) is 1.98. The molecule has 1 atom stereocenters. The number of nitrogens with one attached hydrogen (secondary N) is 2. The van der Waals surface area contributed by atoms with E-state index in [2.05, 4.69) is 37.3 Å². The van der Waals surface area contributed by atoms with Crippen molar-refractivity contribution in [3.8, 4) is 0 Å². The van der Waals surface area contributed by atoms with Crippen molar-refractivity contribution in [1.82, 2.24) is 19.9 Å². The van der Waals surface area contributed by atoms with Crippen LogP contribution in [-0.4, -0.2) is 52.7 Å². The van der Waals surface area contributed by atoms with E-state index in [0.29, 0.717) is 0 Å². The number of anilines is 1. The van der Waals surface area contributed by atoms with E-state index in [1.807, 2.05) is 36.7 Å². The Bertz CT molecular complexity index is 782. The predicted octanol–water partition coefficient (Wildman–Crippen LogP) is 2.44. The van der Waals surface area contributed by atoms with Crippen molar-refractivity contribution in [1.29, 1.82) is 0 Å². The van der Waals surface area contributed by atoms with Crippen LogP contribution >= 0.6 is 0 Å². The van der Waals surface area contributed by atoms with Crippen LogP contribution in [0.2, 0.25) is 0 Å². The zero-order valence-corrected chi connectivity index (χ0v) is 13.5. The van der Waals surface area contributed by atoms with Crippen LogP contribution in [0.15, 0.2) is 48.8 Å². The first-order valence-corrected chi connectivity index (χ1v) is 8.31. The van der Waals surface area contributed by atoms with Gasteiger partial charge in [0.15, 0.2) is 0 Å². The predicted molar refractivity (Wildman–Crippen MR) is 94.0 cm³/mol. The second kappa shape index (κ2) is 6.98. The smallest absolute Gasteiger partial charge is 0.139 e. The van der Waals surface area contributed by atoms with E-state index < -0.39 is 0 Å². The molecule has 1 fully saturated rings. The number of hydrogen-bond donors (Lipinski definition) is 2. The van der Waals surface area contributed by atoms with Crippen LogP contribution in [-0.2, 0) is 4.74 Å². The maximum absolute atomic E-state index is 5.49. The number of ether oxygens (including phenoxy) is 1. The van der Waals surface area contributed by atoms with E-state index in [1.54, 1.807) is 0 Å². The summed E-state index contributed by atoms with van der Waals surface area (Å²) in [6, 6.07) is 12.4. The van der Waals surface area contributed by atoms with Crippen LogP contribution in [0.25, 0.3) is 11.0 Å². The molecule has 1 aliphatic rings. The number of nitrogens with zero attached hydrogens (tertiary/aromatic N) is 3. The van der Waals surface area contributed by atoms with Gasteiger partial charge < -0.3 is 15.0 Å². The Balaban J connectivity index is 1.52. The molecule has 0 spiro atoms. The SMILES string of the molecule is c1ccc([C@@H](CNc2ccc3cc[nH]c3n2)N2CCOCC2)nc1. The normalized spacial score (nSPS) is 17.0. The average Bonchev–Trinajstić information content (AvgIpc) is 3.11. The van der Waals surface area contributed by atoms with Gasteiger partial charge in [-0.25, -0.2) is 4.98 Å². The molecule has 6 heteroatoms. The highest BCUT2D eigenvalue weighted by atomic mass is 16.5. The van der Waals surface area contributed by atoms with E-state index in [-0.39, 0.29) is 6.04 Å². The number of aromatic nitrogens is 3. The molecule has 2 N–H and O–H groups in total. The van der Waals surface area contributed by atoms with Gasteiger partial charge in [0.2, 0.25) is 0 Å². The van der Waals surface area contributed by atoms with Crippen molar-refractivity contribution >= 4 is 16.9 Å². The molecule has 4 rings (SSSR count). The molecular formula is C18H21N5O. The molecule has 6 nitrogen and oxygen atoms in total. The standard InChI is InChI=1S/C18H21N5O/c1-2-7-19-15(3-1)16(23-9-11-24-12-10-23)13-21-17-5-4-14-6-8-20-18(14)22-17/h1-8,16H,9-13H2,(H2,20,21,22)/t16-/m1/s1. The van der Waals surface area contributed by atoms with Gasteiger partial charge in [-0.1, -0.05) is 6.07 Å². The van der Waals surface area contributed by atoms with E-state index in [4.69, 9.17) is 4.74 Å². The molecule has 0 radical (unpaired) electrons. The highest BCUT2D eigenvalue weighted by Gasteiger charge is 2.23. The second-order valence-electron chi connectivity index (χ2n) is 5.91. The number of pyridine rings is 2. The summed E-state index contributed by atoms with van der Waals surface area (Å²) in [5.74, 6) is 0.874. The van der Waals surface area contributed by atoms with Crippen LogP contribution in [0.5, 0.6) is 0 Å². The zero-order valence-electron chi connectivity index (χ0n) is 13.5. The topological polar surface area (TPSA) is 66.1 Å². The second-order valence-corrected chi connectivity index (χ2v) is 5.91. The first kappa shape index (κ1) is 15.1. The number of fused-ring (bicyclic) bond motifs is 1. The van der Waals surface area contributed by atoms with E-state index >= 15 is 0 Å². The van der Waals surface area contributed by atoms with E-state index in [0.717, 1.165) is 55.4 Å². The minimum Gasteiger partial charge on any atom is -0.379 e. The van der Waals surface area contributed by atoms with Gasteiger partial charge in [0, 0.05) is 37.4 Å². The highest BCUT2D eigenvalue weighted by molar-refractivity contribution is 5.77. The van der Waals surface area contributed by atoms with Crippen LogP contribution in [0.3, 0.4) is 0 Å². The lowest BCUT2D eigenvalue weighted by molar-refractivity contribution is 0.0179. The van der Waals surface area contributed by atoms with E-state index in [9.17, 15) is 0 Å². The lowest BCUT2D eigenvalue weighted by atomic mass is 10.1. The van der Waals surface area contributed by atoms with Crippen molar-refractivity contribution in [2.75, 3.05) is 38.2 Å². The Morgan fingerprint density at radius 2 is 2.08 bits per heavy atom. The maximum Gasteiger partial charge on any atom is 0.139 e. The van der Waals surface area contributed by atoms with Gasteiger partial charge in [-0.15, -0.1) is 0 Å². The van der Waals surface area contributed by atoms with Gasteiger partial charge in [0.1, 0.15) is 11.5 Å². The third kappa shape index (κ3) is 3.25. The molecule has 0 aliphatic carbocycles. The van der Waals surface area contributed by atoms with Gasteiger partial charge in [-0.3, -0.25) is 9.88 Å². The first-order valence-electron chi connectivity index (χ1n) is 8.31. The molecule has 0 saturated carbocycles. The van der Waals surface area contributed by atoms with Crippen molar-refractivity contribution in [2.45, 2.75) is 6.04 Å². The number of morpholine rings is 1. The van der Waals surface area contributed by atoms with Crippen molar-refractivity contribution in [3.63, 3.8) is 0 Å². The summed E-state index contributed by atoms with van der Waals surface area (Å²) in [5, 5.41) is 4.59. The van der Waals surface area contributed by atoms with Crippen molar-refractivity contribution < 1.29 is 4.74 Å². The number of rotatable bonds is 5. The molecule has 24 heavy (non-hydrogen) atoms. The molecule has 4 heterocycles. The summed E-state index contributed by atoms with van der Waals surface area (Å²) in [6.45, 7) is 4.15. The molecular weight excluding hydrogens is 302 g/mol. The molecule has 0 bridgehead atoms. The number of hydrogen-bond acceptors (Lipinski definition) is 5. The van der Waals surface area contributed by atoms with Crippen LogP contribution in [0.4, 0.5) is 5.82 Å². The minimum absolute atomic E-state index is 0.205. The summed E-state index contributed by atoms with van der Waals surface area (Å²) >= 11 is 0. The van der Waals surface area contributed by atoms with Gasteiger partial charge in [-0.2, -0.15) is 0 Å². The third-order valence-corrected chi connectivity index (χ3v) is 4.40. The molecule has 124 valence electrons. The van der Waals surface area contributed by atoms with Crippen molar-refractivity contribution in [3.05, 3.63) is 54.5 Å². The Morgan fingerprint density at radius 3 is 2.92 bits per heavy atom. The monoisotopic (exact) mass is 323 g/mol. The largest absolute Gasteiger partial charge is 0.379 e. The molecule has 3 aromatic heterocycles. The minimum atomic E-state index is 0.205. The fourth-order valence-electron chi connectivity index (χ4n) is 3.11. The molecule has 0 unspecified atom stereocenters. The maximum atomic E-state index is 5.49. The molecule has 1 aliphatic heterocycles. The number of aromatic amines is 1. The molecule has 3 aromatic rings. The Morgan fingerprint density at radius 1 is 1.17 bits per heavy atom. The molecule has 0 amide bonds. The van der Waals surface area contributed by atoms with Crippen molar-refractivity contribution in [2.24, 2.45) is 0 Å². The summed E-state index contributed by atoms with van der Waals surface area (Å²) in [4.78, 5) is 14.7. The third-order valence-electron chi connectivity index (χ3n) is 4.40. The lowest BCUT2D eigenvalue weighted by Crippen LogP contribution is -2.41. The fraction of sp³-hybridized carbons (Fsp3) is 0.333. The van der Waals surface area contributed by atoms with Gasteiger partial charge in [0.25, 0.3) is 0 Å². The van der Waals surface area contributed by atoms with Gasteiger partial charge in [-0.05, 0) is 30.3 Å². The van der Waals surface area contributed by atoms with Crippen LogP contribution in [0, 0.1) is 0 Å². The zero-order chi connectivity index (χ0) is 16.2. The van der Waals surface area contributed by atoms with Gasteiger partial charge >= 0.3 is 0 Å². The quantitative estimate of drug-likeness (QED) is 0.755. The Labute approximate surface area is 140 Å². The molecule has 1 saturated heterocycles. The summed E-state index contributed by atoms with van der Waals surface area (Å²) in [7, 11) is 0. The van der Waals surface area contributed by atoms with Crippen LogP contribution in [0.1, 0.15) is 11.7 Å². The fourth-order valence-corrected chi connectivity index (χ4v) is 3.11. The Hall–Kier alpha value is -2.44. The highest BCUT2D eigenvalue weighted by Crippen LogP contribution is 2.21. The first-order chi connectivity index (χ1) is 11.9. The Kier molecular flexibility index (Phi) is 4.40. The average molecular weight is 323 g/mol. The lowest BCUT2D eigenvalue weighted by Gasteiger charge is -2.34. The van der Waals surface area contributed by atoms with Gasteiger partial charge in [0.05, 0.1) is 24.9 Å². The molecule has 0 aromatic carbocycles. The van der Waals surface area contributed by atoms with E-state index in [1.165, 1.54) is 0 Å². The summed E-state index contributed by atoms with van der Waals surface area (Å²) < 4.78 is 5.49.